The first-order valence-corrected chi connectivity index (χ1v) is 9.62. The van der Waals surface area contributed by atoms with Gasteiger partial charge in [-0.2, -0.15) is 0 Å². The zero-order valence-electron chi connectivity index (χ0n) is 15.8. The van der Waals surface area contributed by atoms with Gasteiger partial charge in [0.2, 0.25) is 0 Å². The van der Waals surface area contributed by atoms with Gasteiger partial charge in [0.15, 0.2) is 5.76 Å². The molecule has 0 unspecified atom stereocenters. The summed E-state index contributed by atoms with van der Waals surface area (Å²) in [4.78, 5) is 21.2. The van der Waals surface area contributed by atoms with Crippen molar-refractivity contribution in [3.8, 4) is 0 Å². The first-order valence-electron chi connectivity index (χ1n) is 9.62. The summed E-state index contributed by atoms with van der Waals surface area (Å²) in [5, 5.41) is 10.2. The lowest BCUT2D eigenvalue weighted by atomic mass is 10.2. The zero-order valence-corrected chi connectivity index (χ0v) is 15.8. The molecule has 0 fully saturated rings. The lowest BCUT2D eigenvalue weighted by Gasteiger charge is -2.14. The molecule has 4 rings (SSSR count). The summed E-state index contributed by atoms with van der Waals surface area (Å²) >= 11 is 0. The minimum atomic E-state index is -0.194. The molecule has 7 heteroatoms. The molecule has 144 valence electrons. The summed E-state index contributed by atoms with van der Waals surface area (Å²) in [6.45, 7) is 2.39. The van der Waals surface area contributed by atoms with Gasteiger partial charge >= 0.3 is 0 Å². The Kier molecular flexibility index (Phi) is 5.32. The second kappa shape index (κ2) is 8.21. The average Bonchev–Trinajstić information content (AvgIpc) is 3.34. The second-order valence-corrected chi connectivity index (χ2v) is 6.93. The minimum Gasteiger partial charge on any atom is -0.362 e. The summed E-state index contributed by atoms with van der Waals surface area (Å²) in [6.07, 6.45) is 7.29. The zero-order chi connectivity index (χ0) is 19.3. The Balaban J connectivity index is 1.33. The minimum absolute atomic E-state index is 0.159. The first kappa shape index (κ1) is 18.2. The van der Waals surface area contributed by atoms with E-state index in [1.165, 1.54) is 5.56 Å². The number of hydrogen-bond acceptors (Lipinski definition) is 6. The van der Waals surface area contributed by atoms with Crippen LogP contribution in [0.15, 0.2) is 47.2 Å². The van der Waals surface area contributed by atoms with E-state index in [4.69, 9.17) is 4.52 Å². The Morgan fingerprint density at radius 1 is 1.29 bits per heavy atom. The summed E-state index contributed by atoms with van der Waals surface area (Å²) in [6, 6.07) is 9.71. The average molecular weight is 377 g/mol. The first-order chi connectivity index (χ1) is 13.7. The maximum absolute atomic E-state index is 12.3. The Bertz CT molecular complexity index is 951. The summed E-state index contributed by atoms with van der Waals surface area (Å²) < 4.78 is 5.23. The van der Waals surface area contributed by atoms with E-state index in [-0.39, 0.29) is 11.9 Å². The summed E-state index contributed by atoms with van der Waals surface area (Å²) in [5.74, 6) is 1.19. The van der Waals surface area contributed by atoms with Gasteiger partial charge in [-0.05, 0) is 43.0 Å². The highest BCUT2D eigenvalue weighted by atomic mass is 16.5. The molecule has 0 bridgehead atoms. The molecule has 28 heavy (non-hydrogen) atoms. The number of rotatable bonds is 7. The van der Waals surface area contributed by atoms with Gasteiger partial charge in [-0.3, -0.25) is 9.78 Å². The number of fused-ring (bicyclic) bond motifs is 1. The standard InChI is InChI=1S/C21H23N5O2/c1-2-4-16-11-17(28-26-16)13-24-21(27)15-7-9-19(23-12-15)25-18-8-6-14-5-3-10-22-20(14)18/h3,5,7,9-12,18H,2,4,6,8,13H2,1H3,(H,23,25)(H,24,27)/t18-/m1/s1. The molecule has 1 aliphatic rings. The lowest BCUT2D eigenvalue weighted by molar-refractivity contribution is 0.0946. The van der Waals surface area contributed by atoms with E-state index in [2.05, 4.69) is 38.7 Å². The molecule has 3 aromatic heterocycles. The second-order valence-electron chi connectivity index (χ2n) is 6.93. The number of aryl methyl sites for hydroxylation is 2. The molecule has 0 aromatic carbocycles. The Morgan fingerprint density at radius 2 is 2.21 bits per heavy atom. The van der Waals surface area contributed by atoms with Gasteiger partial charge in [0.05, 0.1) is 29.5 Å². The van der Waals surface area contributed by atoms with Gasteiger partial charge in [0.1, 0.15) is 5.82 Å². The largest absolute Gasteiger partial charge is 0.362 e. The van der Waals surface area contributed by atoms with E-state index in [9.17, 15) is 4.79 Å². The number of hydrogen-bond donors (Lipinski definition) is 2. The van der Waals surface area contributed by atoms with Crippen LogP contribution in [0, 0.1) is 0 Å². The van der Waals surface area contributed by atoms with Crippen molar-refractivity contribution in [2.75, 3.05) is 5.32 Å². The Labute approximate surface area is 163 Å². The molecule has 3 aromatic rings. The van der Waals surface area contributed by atoms with Crippen LogP contribution in [0.3, 0.4) is 0 Å². The summed E-state index contributed by atoms with van der Waals surface area (Å²) in [7, 11) is 0. The number of nitrogens with zero attached hydrogens (tertiary/aromatic N) is 3. The fourth-order valence-corrected chi connectivity index (χ4v) is 3.43. The monoisotopic (exact) mass is 377 g/mol. The fraction of sp³-hybridized carbons (Fsp3) is 0.333. The van der Waals surface area contributed by atoms with Crippen LogP contribution < -0.4 is 10.6 Å². The lowest BCUT2D eigenvalue weighted by Crippen LogP contribution is -2.22. The van der Waals surface area contributed by atoms with Gasteiger partial charge < -0.3 is 15.2 Å². The number of amides is 1. The van der Waals surface area contributed by atoms with E-state index >= 15 is 0 Å². The third kappa shape index (κ3) is 4.03. The molecule has 0 aliphatic heterocycles. The van der Waals surface area contributed by atoms with Crippen molar-refractivity contribution < 1.29 is 9.32 Å². The molecule has 1 atom stereocenters. The number of carbonyl (C=O) groups is 1. The topological polar surface area (TPSA) is 92.9 Å². The van der Waals surface area contributed by atoms with Crippen molar-refractivity contribution in [3.63, 3.8) is 0 Å². The number of anilines is 1. The van der Waals surface area contributed by atoms with Crippen LogP contribution in [-0.4, -0.2) is 21.0 Å². The quantitative estimate of drug-likeness (QED) is 0.655. The SMILES string of the molecule is CCCc1cc(CNC(=O)c2ccc(N[C@@H]3CCc4cccnc43)nc2)on1. The molecule has 0 radical (unpaired) electrons. The number of pyridine rings is 2. The highest BCUT2D eigenvalue weighted by Gasteiger charge is 2.23. The van der Waals surface area contributed by atoms with E-state index < -0.39 is 0 Å². The smallest absolute Gasteiger partial charge is 0.253 e. The Morgan fingerprint density at radius 3 is 3.04 bits per heavy atom. The molecule has 2 N–H and O–H groups in total. The predicted molar refractivity (Wildman–Crippen MR) is 105 cm³/mol. The highest BCUT2D eigenvalue weighted by Crippen LogP contribution is 2.31. The van der Waals surface area contributed by atoms with Crippen LogP contribution in [0.1, 0.15) is 58.9 Å². The van der Waals surface area contributed by atoms with Crippen LogP contribution in [-0.2, 0) is 19.4 Å². The molecular weight excluding hydrogens is 354 g/mol. The fourth-order valence-electron chi connectivity index (χ4n) is 3.43. The maximum Gasteiger partial charge on any atom is 0.253 e. The van der Waals surface area contributed by atoms with Crippen LogP contribution in [0.2, 0.25) is 0 Å². The molecular formula is C21H23N5O2. The van der Waals surface area contributed by atoms with E-state index in [0.717, 1.165) is 42.9 Å². The van der Waals surface area contributed by atoms with Crippen LogP contribution in [0.25, 0.3) is 0 Å². The van der Waals surface area contributed by atoms with Crippen molar-refractivity contribution in [2.24, 2.45) is 0 Å². The number of aromatic nitrogens is 3. The molecule has 1 aliphatic carbocycles. The maximum atomic E-state index is 12.3. The third-order valence-electron chi connectivity index (χ3n) is 4.84. The van der Waals surface area contributed by atoms with Crippen molar-refractivity contribution in [1.82, 2.24) is 20.4 Å². The van der Waals surface area contributed by atoms with E-state index in [0.29, 0.717) is 17.9 Å². The van der Waals surface area contributed by atoms with Crippen molar-refractivity contribution in [2.45, 2.75) is 45.2 Å². The van der Waals surface area contributed by atoms with Gasteiger partial charge in [-0.1, -0.05) is 24.6 Å². The van der Waals surface area contributed by atoms with Gasteiger partial charge in [0, 0.05) is 18.5 Å². The number of nitrogens with one attached hydrogen (secondary N) is 2. The molecule has 0 spiro atoms. The van der Waals surface area contributed by atoms with Crippen molar-refractivity contribution >= 4 is 11.7 Å². The normalized spacial score (nSPS) is 15.2. The van der Waals surface area contributed by atoms with Crippen molar-refractivity contribution in [1.29, 1.82) is 0 Å². The molecule has 7 nitrogen and oxygen atoms in total. The molecule has 3 heterocycles. The van der Waals surface area contributed by atoms with Crippen LogP contribution >= 0.6 is 0 Å². The molecule has 0 saturated carbocycles. The van der Waals surface area contributed by atoms with E-state index in [1.807, 2.05) is 24.4 Å². The summed E-state index contributed by atoms with van der Waals surface area (Å²) in [5.41, 5.74) is 3.78. The molecule has 1 amide bonds. The van der Waals surface area contributed by atoms with Gasteiger partial charge in [0.25, 0.3) is 5.91 Å². The van der Waals surface area contributed by atoms with Crippen molar-refractivity contribution in [3.05, 3.63) is 71.0 Å². The number of carbonyl (C=O) groups excluding carboxylic acids is 1. The van der Waals surface area contributed by atoms with Crippen LogP contribution in [0.4, 0.5) is 5.82 Å². The van der Waals surface area contributed by atoms with Crippen LogP contribution in [0.5, 0.6) is 0 Å². The predicted octanol–water partition coefficient (Wildman–Crippen LogP) is 3.45. The van der Waals surface area contributed by atoms with Gasteiger partial charge in [-0.15, -0.1) is 0 Å². The Hall–Kier alpha value is -3.22. The van der Waals surface area contributed by atoms with Gasteiger partial charge in [-0.25, -0.2) is 4.98 Å². The molecule has 0 saturated heterocycles. The third-order valence-corrected chi connectivity index (χ3v) is 4.84. The highest BCUT2D eigenvalue weighted by molar-refractivity contribution is 5.93. The van der Waals surface area contributed by atoms with E-state index in [1.54, 1.807) is 12.3 Å².